The normalized spacial score (nSPS) is 10.5. The topological polar surface area (TPSA) is 82.2 Å². The van der Waals surface area contributed by atoms with E-state index in [-0.39, 0.29) is 5.91 Å². The van der Waals surface area contributed by atoms with E-state index in [1.807, 2.05) is 0 Å². The average Bonchev–Trinajstić information content (AvgIpc) is 2.63. The highest BCUT2D eigenvalue weighted by molar-refractivity contribution is 5.97. The first kappa shape index (κ1) is 13.5. The largest absolute Gasteiger partial charge is 0.396 e. The van der Waals surface area contributed by atoms with Gasteiger partial charge in [0.15, 0.2) is 0 Å². The predicted molar refractivity (Wildman–Crippen MR) is 65.7 cm³/mol. The molecule has 0 aliphatic rings. The number of amides is 1. The Kier molecular flexibility index (Phi) is 5.48. The lowest BCUT2D eigenvalue weighted by Crippen LogP contribution is -2.28. The number of hydrogen-bond donors (Lipinski definition) is 2. The Morgan fingerprint density at radius 1 is 1.59 bits per heavy atom. The molecule has 17 heavy (non-hydrogen) atoms. The SMILES string of the molecule is CCCOCCCNC(=O)c1c(N)cnn1C. The lowest BCUT2D eigenvalue weighted by Gasteiger charge is -2.06. The molecule has 0 unspecified atom stereocenters. The summed E-state index contributed by atoms with van der Waals surface area (Å²) in [6.45, 7) is 4.07. The van der Waals surface area contributed by atoms with Gasteiger partial charge < -0.3 is 15.8 Å². The molecule has 0 aliphatic heterocycles. The molecule has 0 radical (unpaired) electrons. The van der Waals surface area contributed by atoms with E-state index in [1.165, 1.54) is 10.9 Å². The summed E-state index contributed by atoms with van der Waals surface area (Å²) in [5, 5.41) is 6.70. The number of ether oxygens (including phenoxy) is 1. The van der Waals surface area contributed by atoms with Gasteiger partial charge in [0.25, 0.3) is 5.91 Å². The number of nitrogens with one attached hydrogen (secondary N) is 1. The van der Waals surface area contributed by atoms with Gasteiger partial charge in [-0.05, 0) is 12.8 Å². The van der Waals surface area contributed by atoms with Crippen molar-refractivity contribution in [3.63, 3.8) is 0 Å². The molecule has 0 aliphatic carbocycles. The Morgan fingerprint density at radius 3 is 2.94 bits per heavy atom. The lowest BCUT2D eigenvalue weighted by atomic mass is 10.3. The molecule has 0 saturated heterocycles. The van der Waals surface area contributed by atoms with Crippen LogP contribution >= 0.6 is 0 Å². The first-order valence-corrected chi connectivity index (χ1v) is 5.80. The Labute approximate surface area is 101 Å². The van der Waals surface area contributed by atoms with Crippen molar-refractivity contribution in [3.05, 3.63) is 11.9 Å². The second kappa shape index (κ2) is 6.90. The number of nitrogen functional groups attached to an aromatic ring is 1. The average molecular weight is 240 g/mol. The third-order valence-electron chi connectivity index (χ3n) is 2.28. The number of carbonyl (C=O) groups is 1. The van der Waals surface area contributed by atoms with E-state index in [9.17, 15) is 4.79 Å². The summed E-state index contributed by atoms with van der Waals surface area (Å²) in [5.74, 6) is -0.196. The van der Waals surface area contributed by atoms with Gasteiger partial charge in [-0.15, -0.1) is 0 Å². The van der Waals surface area contributed by atoms with Gasteiger partial charge in [-0.2, -0.15) is 5.10 Å². The molecule has 3 N–H and O–H groups in total. The third-order valence-corrected chi connectivity index (χ3v) is 2.28. The summed E-state index contributed by atoms with van der Waals surface area (Å²) >= 11 is 0. The molecule has 0 spiro atoms. The molecule has 0 saturated carbocycles. The van der Waals surface area contributed by atoms with Crippen molar-refractivity contribution in [2.45, 2.75) is 19.8 Å². The van der Waals surface area contributed by atoms with E-state index in [4.69, 9.17) is 10.5 Å². The Hall–Kier alpha value is -1.56. The van der Waals surface area contributed by atoms with E-state index < -0.39 is 0 Å². The molecule has 0 atom stereocenters. The minimum atomic E-state index is -0.196. The molecule has 0 aromatic carbocycles. The van der Waals surface area contributed by atoms with Crippen LogP contribution in [-0.4, -0.2) is 35.4 Å². The minimum absolute atomic E-state index is 0.196. The van der Waals surface area contributed by atoms with Gasteiger partial charge in [-0.1, -0.05) is 6.92 Å². The van der Waals surface area contributed by atoms with Crippen molar-refractivity contribution in [1.29, 1.82) is 0 Å². The molecule has 6 nitrogen and oxygen atoms in total. The number of carbonyl (C=O) groups excluding carboxylic acids is 1. The van der Waals surface area contributed by atoms with Crippen LogP contribution < -0.4 is 11.1 Å². The summed E-state index contributed by atoms with van der Waals surface area (Å²) in [7, 11) is 1.69. The van der Waals surface area contributed by atoms with Gasteiger partial charge in [0.1, 0.15) is 5.69 Å². The van der Waals surface area contributed by atoms with Crippen LogP contribution in [0.15, 0.2) is 6.20 Å². The molecule has 96 valence electrons. The zero-order chi connectivity index (χ0) is 12.7. The van der Waals surface area contributed by atoms with Crippen LogP contribution in [0.2, 0.25) is 0 Å². The number of nitrogens with two attached hydrogens (primary N) is 1. The molecule has 6 heteroatoms. The first-order valence-electron chi connectivity index (χ1n) is 5.80. The summed E-state index contributed by atoms with van der Waals surface area (Å²) in [5.41, 5.74) is 6.44. The molecule has 1 amide bonds. The summed E-state index contributed by atoms with van der Waals surface area (Å²) < 4.78 is 6.78. The van der Waals surface area contributed by atoms with Crippen LogP contribution in [0.1, 0.15) is 30.3 Å². The van der Waals surface area contributed by atoms with Gasteiger partial charge in [-0.3, -0.25) is 9.48 Å². The van der Waals surface area contributed by atoms with Gasteiger partial charge >= 0.3 is 0 Å². The summed E-state index contributed by atoms with van der Waals surface area (Å²) in [4.78, 5) is 11.7. The third kappa shape index (κ3) is 4.07. The van der Waals surface area contributed by atoms with Crippen molar-refractivity contribution < 1.29 is 9.53 Å². The van der Waals surface area contributed by atoms with Crippen molar-refractivity contribution in [1.82, 2.24) is 15.1 Å². The van der Waals surface area contributed by atoms with Gasteiger partial charge in [0, 0.05) is 26.8 Å². The van der Waals surface area contributed by atoms with Crippen LogP contribution in [0.25, 0.3) is 0 Å². The fraction of sp³-hybridized carbons (Fsp3) is 0.636. The highest BCUT2D eigenvalue weighted by atomic mass is 16.5. The molecule has 1 heterocycles. The van der Waals surface area contributed by atoms with Crippen molar-refractivity contribution in [3.8, 4) is 0 Å². The molecule has 0 fully saturated rings. The molecule has 1 aromatic heterocycles. The summed E-state index contributed by atoms with van der Waals surface area (Å²) in [6, 6.07) is 0. The number of nitrogens with zero attached hydrogens (tertiary/aromatic N) is 2. The monoisotopic (exact) mass is 240 g/mol. The number of hydrogen-bond acceptors (Lipinski definition) is 4. The number of aromatic nitrogens is 2. The molecule has 1 aromatic rings. The van der Waals surface area contributed by atoms with Crippen LogP contribution in [0.5, 0.6) is 0 Å². The zero-order valence-corrected chi connectivity index (χ0v) is 10.4. The van der Waals surface area contributed by atoms with Crippen molar-refractivity contribution in [2.24, 2.45) is 7.05 Å². The smallest absolute Gasteiger partial charge is 0.271 e. The molecular weight excluding hydrogens is 220 g/mol. The zero-order valence-electron chi connectivity index (χ0n) is 10.4. The second-order valence-electron chi connectivity index (χ2n) is 3.79. The number of rotatable bonds is 7. The fourth-order valence-electron chi connectivity index (χ4n) is 1.44. The molecule has 0 bridgehead atoms. The van der Waals surface area contributed by atoms with E-state index in [0.29, 0.717) is 24.5 Å². The number of aryl methyl sites for hydroxylation is 1. The van der Waals surface area contributed by atoms with E-state index >= 15 is 0 Å². The van der Waals surface area contributed by atoms with Crippen LogP contribution in [0.3, 0.4) is 0 Å². The lowest BCUT2D eigenvalue weighted by molar-refractivity contribution is 0.0933. The number of anilines is 1. The maximum absolute atomic E-state index is 11.7. The van der Waals surface area contributed by atoms with E-state index in [0.717, 1.165) is 19.4 Å². The van der Waals surface area contributed by atoms with Crippen molar-refractivity contribution >= 4 is 11.6 Å². The Balaban J connectivity index is 2.26. The minimum Gasteiger partial charge on any atom is -0.396 e. The van der Waals surface area contributed by atoms with Crippen LogP contribution in [-0.2, 0) is 11.8 Å². The highest BCUT2D eigenvalue weighted by Gasteiger charge is 2.13. The highest BCUT2D eigenvalue weighted by Crippen LogP contribution is 2.08. The predicted octanol–water partition coefficient (Wildman–Crippen LogP) is 0.549. The molecule has 1 rings (SSSR count). The van der Waals surface area contributed by atoms with Gasteiger partial charge in [0.2, 0.25) is 0 Å². The van der Waals surface area contributed by atoms with E-state index in [2.05, 4.69) is 17.3 Å². The standard InChI is InChI=1S/C11H20N4O2/c1-3-6-17-7-4-5-13-11(16)10-9(12)8-14-15(10)2/h8H,3-7,12H2,1-2H3,(H,13,16). The summed E-state index contributed by atoms with van der Waals surface area (Å²) in [6.07, 6.45) is 3.28. The fourth-order valence-corrected chi connectivity index (χ4v) is 1.44. The van der Waals surface area contributed by atoms with Gasteiger partial charge in [-0.25, -0.2) is 0 Å². The quantitative estimate of drug-likeness (QED) is 0.682. The van der Waals surface area contributed by atoms with Crippen molar-refractivity contribution in [2.75, 3.05) is 25.5 Å². The Morgan fingerprint density at radius 2 is 2.35 bits per heavy atom. The Bertz CT molecular complexity index is 343. The maximum atomic E-state index is 11.7. The van der Waals surface area contributed by atoms with E-state index in [1.54, 1.807) is 7.05 Å². The van der Waals surface area contributed by atoms with Gasteiger partial charge in [0.05, 0.1) is 11.9 Å². The van der Waals surface area contributed by atoms with Crippen LogP contribution in [0.4, 0.5) is 5.69 Å². The maximum Gasteiger partial charge on any atom is 0.271 e. The first-order chi connectivity index (χ1) is 8.16. The van der Waals surface area contributed by atoms with Crippen LogP contribution in [0, 0.1) is 0 Å². The second-order valence-corrected chi connectivity index (χ2v) is 3.79. The molecular formula is C11H20N4O2.